The van der Waals surface area contributed by atoms with E-state index in [9.17, 15) is 9.59 Å². The summed E-state index contributed by atoms with van der Waals surface area (Å²) in [5.41, 5.74) is 1.65. The molecular formula is C26H31ClN2O2S. The van der Waals surface area contributed by atoms with E-state index in [0.717, 1.165) is 36.9 Å². The van der Waals surface area contributed by atoms with Gasteiger partial charge < -0.3 is 5.32 Å². The molecule has 1 atom stereocenters. The number of hydrogen-bond donors (Lipinski definition) is 1. The quantitative estimate of drug-likeness (QED) is 0.592. The second kappa shape index (κ2) is 9.88. The van der Waals surface area contributed by atoms with Gasteiger partial charge in [0.1, 0.15) is 0 Å². The highest BCUT2D eigenvalue weighted by atomic mass is 35.5. The highest BCUT2D eigenvalue weighted by Gasteiger charge is 2.51. The molecule has 1 aliphatic carbocycles. The van der Waals surface area contributed by atoms with Gasteiger partial charge >= 0.3 is 0 Å². The Morgan fingerprint density at radius 2 is 1.72 bits per heavy atom. The predicted molar refractivity (Wildman–Crippen MR) is 133 cm³/mol. The summed E-state index contributed by atoms with van der Waals surface area (Å²) in [6.45, 7) is 4.29. The Bertz CT molecular complexity index is 955. The SMILES string of the molecule is CC(C)c1ccc(N2C(=O)CSCC2(C(=O)NC2CCCCC2)c2ccc(Cl)cc2)cc1. The summed E-state index contributed by atoms with van der Waals surface area (Å²) in [6.07, 6.45) is 5.47. The summed E-state index contributed by atoms with van der Waals surface area (Å²) in [5.74, 6) is 1.11. The van der Waals surface area contributed by atoms with E-state index in [1.807, 2.05) is 24.3 Å². The van der Waals surface area contributed by atoms with E-state index in [1.165, 1.54) is 23.7 Å². The van der Waals surface area contributed by atoms with Crippen molar-refractivity contribution in [2.45, 2.75) is 63.5 Å². The van der Waals surface area contributed by atoms with Gasteiger partial charge in [-0.15, -0.1) is 11.8 Å². The zero-order chi connectivity index (χ0) is 22.7. The van der Waals surface area contributed by atoms with Crippen molar-refractivity contribution >= 4 is 40.9 Å². The summed E-state index contributed by atoms with van der Waals surface area (Å²) < 4.78 is 0. The summed E-state index contributed by atoms with van der Waals surface area (Å²) in [5, 5.41) is 3.92. The number of benzene rings is 2. The van der Waals surface area contributed by atoms with E-state index in [0.29, 0.717) is 22.4 Å². The Morgan fingerprint density at radius 3 is 2.34 bits per heavy atom. The minimum atomic E-state index is -1.11. The molecule has 4 nitrogen and oxygen atoms in total. The molecule has 1 unspecified atom stereocenters. The lowest BCUT2D eigenvalue weighted by Crippen LogP contribution is -2.64. The summed E-state index contributed by atoms with van der Waals surface area (Å²) >= 11 is 7.69. The van der Waals surface area contributed by atoms with Crippen LogP contribution in [0.1, 0.15) is 63.0 Å². The Morgan fingerprint density at radius 1 is 1.06 bits per heavy atom. The highest BCUT2D eigenvalue weighted by Crippen LogP contribution is 2.41. The molecule has 0 spiro atoms. The number of nitrogens with zero attached hydrogens (tertiary/aromatic N) is 1. The Kier molecular flexibility index (Phi) is 7.16. The van der Waals surface area contributed by atoms with Gasteiger partial charge in [-0.1, -0.05) is 69.0 Å². The first-order chi connectivity index (χ1) is 15.4. The Hall–Kier alpha value is -1.98. The summed E-state index contributed by atoms with van der Waals surface area (Å²) in [4.78, 5) is 29.1. The molecule has 1 heterocycles. The molecule has 1 saturated carbocycles. The van der Waals surface area contributed by atoms with Crippen LogP contribution in [0.3, 0.4) is 0 Å². The number of nitrogens with one attached hydrogen (secondary N) is 1. The van der Waals surface area contributed by atoms with Gasteiger partial charge in [0.2, 0.25) is 5.91 Å². The molecule has 4 rings (SSSR count). The molecule has 1 N–H and O–H groups in total. The summed E-state index contributed by atoms with van der Waals surface area (Å²) in [6, 6.07) is 15.6. The van der Waals surface area contributed by atoms with Gasteiger partial charge in [-0.25, -0.2) is 0 Å². The lowest BCUT2D eigenvalue weighted by atomic mass is 9.86. The molecule has 0 aromatic heterocycles. The average molecular weight is 471 g/mol. The van der Waals surface area contributed by atoms with Crippen molar-refractivity contribution in [3.05, 3.63) is 64.7 Å². The number of anilines is 1. The van der Waals surface area contributed by atoms with Crippen LogP contribution in [0, 0.1) is 0 Å². The molecular weight excluding hydrogens is 440 g/mol. The number of carbonyl (C=O) groups excluding carboxylic acids is 2. The zero-order valence-corrected chi connectivity index (χ0v) is 20.3. The number of carbonyl (C=O) groups is 2. The molecule has 2 aromatic carbocycles. The van der Waals surface area contributed by atoms with Crippen LogP contribution in [-0.4, -0.2) is 29.4 Å². The second-order valence-corrected chi connectivity index (χ2v) is 10.6. The van der Waals surface area contributed by atoms with Gasteiger partial charge in [-0.05, 0) is 54.2 Å². The standard InChI is InChI=1S/C26H31ClN2O2S/c1-18(2)19-8-14-23(15-9-19)29-24(30)16-32-17-26(29,20-10-12-21(27)13-11-20)25(31)28-22-6-4-3-5-7-22/h8-15,18,22H,3-7,16-17H2,1-2H3,(H,28,31). The molecule has 6 heteroatoms. The second-order valence-electron chi connectivity index (χ2n) is 9.14. The lowest BCUT2D eigenvalue weighted by Gasteiger charge is -2.46. The number of amides is 2. The van der Waals surface area contributed by atoms with Gasteiger partial charge in [0.05, 0.1) is 5.75 Å². The van der Waals surface area contributed by atoms with E-state index in [1.54, 1.807) is 17.0 Å². The number of thioether (sulfide) groups is 1. The molecule has 2 amide bonds. The van der Waals surface area contributed by atoms with Gasteiger partial charge in [-0.3, -0.25) is 14.5 Å². The smallest absolute Gasteiger partial charge is 0.252 e. The monoisotopic (exact) mass is 470 g/mol. The fourth-order valence-electron chi connectivity index (χ4n) is 4.79. The minimum absolute atomic E-state index is 0.0488. The van der Waals surface area contributed by atoms with Crippen molar-refractivity contribution in [1.82, 2.24) is 5.32 Å². The maximum Gasteiger partial charge on any atom is 0.252 e. The third-order valence-electron chi connectivity index (χ3n) is 6.62. The van der Waals surface area contributed by atoms with Crippen LogP contribution in [0.4, 0.5) is 5.69 Å². The molecule has 170 valence electrons. The molecule has 0 bridgehead atoms. The first-order valence-corrected chi connectivity index (χ1v) is 13.0. The van der Waals surface area contributed by atoms with Crippen LogP contribution in [0.15, 0.2) is 48.5 Å². The van der Waals surface area contributed by atoms with Crippen molar-refractivity contribution in [3.8, 4) is 0 Å². The van der Waals surface area contributed by atoms with E-state index in [-0.39, 0.29) is 17.9 Å². The maximum atomic E-state index is 14.0. The van der Waals surface area contributed by atoms with Gasteiger partial charge in [0.15, 0.2) is 5.54 Å². The van der Waals surface area contributed by atoms with Crippen molar-refractivity contribution < 1.29 is 9.59 Å². The van der Waals surface area contributed by atoms with Gasteiger partial charge in [-0.2, -0.15) is 0 Å². The maximum absolute atomic E-state index is 14.0. The minimum Gasteiger partial charge on any atom is -0.351 e. The third-order valence-corrected chi connectivity index (χ3v) is 7.95. The van der Waals surface area contributed by atoms with E-state index in [2.05, 4.69) is 31.3 Å². The molecule has 2 aliphatic rings. The van der Waals surface area contributed by atoms with E-state index >= 15 is 0 Å². The third kappa shape index (κ3) is 4.55. The number of rotatable bonds is 5. The first-order valence-electron chi connectivity index (χ1n) is 11.5. The van der Waals surface area contributed by atoms with Crippen molar-refractivity contribution in [3.63, 3.8) is 0 Å². The van der Waals surface area contributed by atoms with Crippen LogP contribution in [0.5, 0.6) is 0 Å². The van der Waals surface area contributed by atoms with Gasteiger partial charge in [0.25, 0.3) is 5.91 Å². The fourth-order valence-corrected chi connectivity index (χ4v) is 6.04. The first kappa shape index (κ1) is 23.2. The average Bonchev–Trinajstić information content (AvgIpc) is 2.80. The molecule has 0 radical (unpaired) electrons. The lowest BCUT2D eigenvalue weighted by molar-refractivity contribution is -0.130. The topological polar surface area (TPSA) is 49.4 Å². The molecule has 1 saturated heterocycles. The highest BCUT2D eigenvalue weighted by molar-refractivity contribution is 8.00. The zero-order valence-electron chi connectivity index (χ0n) is 18.8. The van der Waals surface area contributed by atoms with Crippen LogP contribution in [-0.2, 0) is 15.1 Å². The van der Waals surface area contributed by atoms with Crippen LogP contribution in [0.25, 0.3) is 0 Å². The molecule has 1 aliphatic heterocycles. The normalized spacial score (nSPS) is 22.2. The summed E-state index contributed by atoms with van der Waals surface area (Å²) in [7, 11) is 0. The van der Waals surface area contributed by atoms with Crippen molar-refractivity contribution in [1.29, 1.82) is 0 Å². The van der Waals surface area contributed by atoms with Crippen LogP contribution >= 0.6 is 23.4 Å². The van der Waals surface area contributed by atoms with E-state index < -0.39 is 5.54 Å². The van der Waals surface area contributed by atoms with Crippen molar-refractivity contribution in [2.24, 2.45) is 0 Å². The van der Waals surface area contributed by atoms with E-state index in [4.69, 9.17) is 11.6 Å². The Labute approximate surface area is 200 Å². The van der Waals surface area contributed by atoms with Crippen molar-refractivity contribution in [2.75, 3.05) is 16.4 Å². The van der Waals surface area contributed by atoms with Gasteiger partial charge in [0, 0.05) is 22.5 Å². The van der Waals surface area contributed by atoms with Crippen LogP contribution in [0.2, 0.25) is 5.02 Å². The predicted octanol–water partition coefficient (Wildman–Crippen LogP) is 5.89. The number of halogens is 1. The molecule has 32 heavy (non-hydrogen) atoms. The molecule has 2 fully saturated rings. The molecule has 2 aromatic rings. The fraction of sp³-hybridized carbons (Fsp3) is 0.462. The largest absolute Gasteiger partial charge is 0.351 e. The van der Waals surface area contributed by atoms with Crippen LogP contribution < -0.4 is 10.2 Å². The number of hydrogen-bond acceptors (Lipinski definition) is 3. The Balaban J connectivity index is 1.80.